The van der Waals surface area contributed by atoms with Gasteiger partial charge in [0.1, 0.15) is 5.75 Å². The van der Waals surface area contributed by atoms with Crippen molar-refractivity contribution >= 4 is 23.2 Å². The lowest BCUT2D eigenvalue weighted by atomic mass is 10.1. The Morgan fingerprint density at radius 1 is 1.08 bits per heavy atom. The monoisotopic (exact) mass is 352 g/mol. The fraction of sp³-hybridized carbons (Fsp3) is 0.150. The Hall–Kier alpha value is -2.72. The molecule has 0 bridgehead atoms. The van der Waals surface area contributed by atoms with E-state index < -0.39 is 0 Å². The average molecular weight is 353 g/mol. The molecule has 0 fully saturated rings. The predicted octanol–water partition coefficient (Wildman–Crippen LogP) is 4.34. The van der Waals surface area contributed by atoms with E-state index in [1.54, 1.807) is 24.1 Å². The molecule has 2 heterocycles. The van der Waals surface area contributed by atoms with E-state index >= 15 is 0 Å². The topological polar surface area (TPSA) is 34.5 Å². The van der Waals surface area contributed by atoms with Gasteiger partial charge in [-0.25, -0.2) is 0 Å². The molecule has 1 amide bonds. The molecular formula is C20H17ClN2O2. The first kappa shape index (κ1) is 15.8. The Labute approximate surface area is 151 Å². The number of amides is 1. The normalized spacial score (nSPS) is 13.0. The molecule has 0 saturated carbocycles. The minimum atomic E-state index is -0.0947. The number of anilines is 1. The Kier molecular flexibility index (Phi) is 3.98. The zero-order chi connectivity index (χ0) is 17.4. The van der Waals surface area contributed by atoms with E-state index in [-0.39, 0.29) is 5.91 Å². The maximum Gasteiger partial charge on any atom is 0.262 e. The predicted molar refractivity (Wildman–Crippen MR) is 99.2 cm³/mol. The highest BCUT2D eigenvalue weighted by Gasteiger charge is 2.28. The second-order valence-corrected chi connectivity index (χ2v) is 6.34. The van der Waals surface area contributed by atoms with Crippen LogP contribution in [0.1, 0.15) is 15.9 Å². The third-order valence-corrected chi connectivity index (χ3v) is 4.82. The Morgan fingerprint density at radius 3 is 2.60 bits per heavy atom. The summed E-state index contributed by atoms with van der Waals surface area (Å²) in [5.41, 5.74) is 3.40. The van der Waals surface area contributed by atoms with Crippen molar-refractivity contribution in [3.63, 3.8) is 0 Å². The van der Waals surface area contributed by atoms with E-state index in [4.69, 9.17) is 16.3 Å². The van der Waals surface area contributed by atoms with Gasteiger partial charge in [-0.05, 0) is 36.2 Å². The van der Waals surface area contributed by atoms with Crippen LogP contribution in [0.3, 0.4) is 0 Å². The number of hydrogen-bond donors (Lipinski definition) is 0. The first-order chi connectivity index (χ1) is 12.2. The van der Waals surface area contributed by atoms with Crippen LogP contribution in [0, 0.1) is 0 Å². The van der Waals surface area contributed by atoms with Gasteiger partial charge in [0.2, 0.25) is 0 Å². The number of hydrogen-bond acceptors (Lipinski definition) is 2. The zero-order valence-corrected chi connectivity index (χ0v) is 14.5. The lowest BCUT2D eigenvalue weighted by Crippen LogP contribution is -2.29. The zero-order valence-electron chi connectivity index (χ0n) is 13.8. The van der Waals surface area contributed by atoms with Gasteiger partial charge in [0.25, 0.3) is 5.91 Å². The van der Waals surface area contributed by atoms with Crippen molar-refractivity contribution in [3.8, 4) is 11.4 Å². The Morgan fingerprint density at radius 2 is 1.84 bits per heavy atom. The average Bonchev–Trinajstić information content (AvgIpc) is 3.30. The number of fused-ring (bicyclic) bond motifs is 1. The van der Waals surface area contributed by atoms with Crippen LogP contribution in [-0.4, -0.2) is 24.1 Å². The van der Waals surface area contributed by atoms with Gasteiger partial charge in [-0.1, -0.05) is 29.8 Å². The Balaban J connectivity index is 1.76. The van der Waals surface area contributed by atoms with E-state index in [1.165, 1.54) is 5.56 Å². The van der Waals surface area contributed by atoms with Gasteiger partial charge >= 0.3 is 0 Å². The lowest BCUT2D eigenvalue weighted by Gasteiger charge is -2.20. The number of nitrogens with zero attached hydrogens (tertiary/aromatic N) is 2. The molecule has 0 spiro atoms. The quantitative estimate of drug-likeness (QED) is 0.702. The summed E-state index contributed by atoms with van der Waals surface area (Å²) in [4.78, 5) is 14.9. The highest BCUT2D eigenvalue weighted by Crippen LogP contribution is 2.34. The highest BCUT2D eigenvalue weighted by atomic mass is 35.5. The van der Waals surface area contributed by atoms with Gasteiger partial charge < -0.3 is 14.2 Å². The highest BCUT2D eigenvalue weighted by molar-refractivity contribution is 6.33. The fourth-order valence-corrected chi connectivity index (χ4v) is 3.53. The molecule has 0 aliphatic carbocycles. The summed E-state index contributed by atoms with van der Waals surface area (Å²) < 4.78 is 7.38. The molecule has 0 unspecified atom stereocenters. The number of benzene rings is 2. The summed E-state index contributed by atoms with van der Waals surface area (Å²) in [6.07, 6.45) is 4.66. The van der Waals surface area contributed by atoms with Gasteiger partial charge in [0.05, 0.1) is 23.4 Å². The molecule has 0 atom stereocenters. The van der Waals surface area contributed by atoms with E-state index in [9.17, 15) is 4.79 Å². The van der Waals surface area contributed by atoms with E-state index in [2.05, 4.69) is 6.07 Å². The van der Waals surface area contributed by atoms with E-state index in [0.717, 1.165) is 17.8 Å². The third kappa shape index (κ3) is 2.68. The number of ether oxygens (including phenoxy) is 1. The number of aromatic nitrogens is 1. The molecule has 0 radical (unpaired) electrons. The van der Waals surface area contributed by atoms with Gasteiger partial charge in [0, 0.05) is 30.7 Å². The first-order valence-electron chi connectivity index (χ1n) is 8.09. The summed E-state index contributed by atoms with van der Waals surface area (Å²) >= 11 is 6.45. The molecule has 5 heteroatoms. The number of carbonyl (C=O) groups excluding carboxylic acids is 1. The molecular weight excluding hydrogens is 336 g/mol. The maximum absolute atomic E-state index is 13.1. The van der Waals surface area contributed by atoms with E-state index in [1.807, 2.05) is 47.3 Å². The van der Waals surface area contributed by atoms with Gasteiger partial charge in [-0.2, -0.15) is 0 Å². The van der Waals surface area contributed by atoms with Crippen molar-refractivity contribution in [1.82, 2.24) is 4.57 Å². The van der Waals surface area contributed by atoms with Crippen LogP contribution in [0.5, 0.6) is 5.75 Å². The first-order valence-corrected chi connectivity index (χ1v) is 8.47. The maximum atomic E-state index is 13.1. The van der Waals surface area contributed by atoms with Crippen LogP contribution in [0.2, 0.25) is 5.02 Å². The van der Waals surface area contributed by atoms with E-state index in [0.29, 0.717) is 22.9 Å². The van der Waals surface area contributed by atoms with Crippen LogP contribution in [0.15, 0.2) is 60.9 Å². The number of methoxy groups -OCH3 is 1. The van der Waals surface area contributed by atoms with Crippen molar-refractivity contribution < 1.29 is 9.53 Å². The molecule has 2 aromatic carbocycles. The lowest BCUT2D eigenvalue weighted by molar-refractivity contribution is 0.0986. The largest absolute Gasteiger partial charge is 0.496 e. The number of halogens is 1. The summed E-state index contributed by atoms with van der Waals surface area (Å²) in [5.74, 6) is 0.422. The molecule has 1 aliphatic heterocycles. The van der Waals surface area contributed by atoms with Gasteiger partial charge in [-0.15, -0.1) is 0 Å². The summed E-state index contributed by atoms with van der Waals surface area (Å²) in [6, 6.07) is 15.3. The molecule has 0 saturated heterocycles. The van der Waals surface area contributed by atoms with Crippen LogP contribution < -0.4 is 9.64 Å². The molecule has 1 aliphatic rings. The second kappa shape index (κ2) is 6.30. The molecule has 3 aromatic rings. The van der Waals surface area contributed by atoms with Gasteiger partial charge in [0.15, 0.2) is 0 Å². The molecule has 0 N–H and O–H groups in total. The van der Waals surface area contributed by atoms with Crippen molar-refractivity contribution in [2.24, 2.45) is 0 Å². The molecule has 4 nitrogen and oxygen atoms in total. The smallest absolute Gasteiger partial charge is 0.262 e. The SMILES string of the molecule is COc1cc(-n2cccc2)c(Cl)cc1C(=O)N1CCc2ccccc21. The molecule has 25 heavy (non-hydrogen) atoms. The summed E-state index contributed by atoms with van der Waals surface area (Å²) in [7, 11) is 1.57. The standard InChI is InChI=1S/C20H17ClN2O2/c1-25-19-13-18(22-9-4-5-10-22)16(21)12-15(19)20(24)23-11-8-14-6-2-3-7-17(14)23/h2-7,9-10,12-13H,8,11H2,1H3. The minimum Gasteiger partial charge on any atom is -0.496 e. The minimum absolute atomic E-state index is 0.0947. The van der Waals surface area contributed by atoms with Crippen LogP contribution in [-0.2, 0) is 6.42 Å². The van der Waals surface area contributed by atoms with Crippen molar-refractivity contribution in [1.29, 1.82) is 0 Å². The molecule has 4 rings (SSSR count). The fourth-order valence-electron chi connectivity index (χ4n) is 3.27. The van der Waals surface area contributed by atoms with Crippen LogP contribution >= 0.6 is 11.6 Å². The molecule has 1 aromatic heterocycles. The van der Waals surface area contributed by atoms with Crippen LogP contribution in [0.4, 0.5) is 5.69 Å². The van der Waals surface area contributed by atoms with Crippen molar-refractivity contribution in [2.75, 3.05) is 18.6 Å². The van der Waals surface area contributed by atoms with Crippen LogP contribution in [0.25, 0.3) is 5.69 Å². The Bertz CT molecular complexity index is 935. The number of para-hydroxylation sites is 1. The summed E-state index contributed by atoms with van der Waals surface area (Å²) in [6.45, 7) is 0.665. The number of rotatable bonds is 3. The summed E-state index contributed by atoms with van der Waals surface area (Å²) in [5, 5.41) is 0.507. The third-order valence-electron chi connectivity index (χ3n) is 4.51. The van der Waals surface area contributed by atoms with Crippen molar-refractivity contribution in [2.45, 2.75) is 6.42 Å². The molecule has 126 valence electrons. The number of carbonyl (C=O) groups is 1. The van der Waals surface area contributed by atoms with Crippen molar-refractivity contribution in [3.05, 3.63) is 77.1 Å². The van der Waals surface area contributed by atoms with Gasteiger partial charge in [-0.3, -0.25) is 4.79 Å². The second-order valence-electron chi connectivity index (χ2n) is 5.93.